The summed E-state index contributed by atoms with van der Waals surface area (Å²) in [6.07, 6.45) is 2.13. The second-order valence-corrected chi connectivity index (χ2v) is 7.79. The number of aryl methyl sites for hydroxylation is 1. The van der Waals surface area contributed by atoms with Crippen molar-refractivity contribution >= 4 is 51.5 Å². The molecule has 144 valence electrons. The van der Waals surface area contributed by atoms with Crippen LogP contribution in [0.15, 0.2) is 58.8 Å². The number of aromatic nitrogens is 1. The van der Waals surface area contributed by atoms with Crippen molar-refractivity contribution in [2.75, 3.05) is 22.2 Å². The summed E-state index contributed by atoms with van der Waals surface area (Å²) in [4.78, 5) is 29.7. The molecule has 3 rings (SSSR count). The van der Waals surface area contributed by atoms with Crippen molar-refractivity contribution in [3.63, 3.8) is 0 Å². The van der Waals surface area contributed by atoms with Crippen LogP contribution in [0.4, 0.5) is 21.3 Å². The fourth-order valence-electron chi connectivity index (χ4n) is 2.50. The molecule has 0 bridgehead atoms. The van der Waals surface area contributed by atoms with Gasteiger partial charge >= 0.3 is 6.03 Å². The van der Waals surface area contributed by atoms with Crippen LogP contribution in [0.25, 0.3) is 0 Å². The van der Waals surface area contributed by atoms with Crippen LogP contribution in [-0.2, 0) is 11.2 Å². The first-order chi connectivity index (χ1) is 13.5. The maximum Gasteiger partial charge on any atom is 0.325 e. The Bertz CT molecular complexity index is 988. The predicted octanol–water partition coefficient (Wildman–Crippen LogP) is 5.00. The molecule has 0 atom stereocenters. The van der Waals surface area contributed by atoms with E-state index in [0.717, 1.165) is 16.1 Å². The number of nitrogens with one attached hydrogen (secondary N) is 3. The van der Waals surface area contributed by atoms with E-state index in [1.165, 1.54) is 11.3 Å². The number of nitrogens with zero attached hydrogens (tertiary/aromatic N) is 1. The second kappa shape index (κ2) is 9.38. The highest BCUT2D eigenvalue weighted by molar-refractivity contribution is 7.98. The van der Waals surface area contributed by atoms with Gasteiger partial charge in [-0.05, 0) is 49.1 Å². The van der Waals surface area contributed by atoms with Gasteiger partial charge in [0.1, 0.15) is 0 Å². The average Bonchev–Trinajstić information content (AvgIpc) is 3.08. The third kappa shape index (κ3) is 5.83. The Kier molecular flexibility index (Phi) is 6.67. The summed E-state index contributed by atoms with van der Waals surface area (Å²) >= 11 is 2.90. The van der Waals surface area contributed by atoms with E-state index < -0.39 is 0 Å². The zero-order valence-corrected chi connectivity index (χ0v) is 17.1. The monoisotopic (exact) mass is 412 g/mol. The molecule has 8 heteroatoms. The Morgan fingerprint density at radius 2 is 1.79 bits per heavy atom. The largest absolute Gasteiger partial charge is 0.326 e. The van der Waals surface area contributed by atoms with Gasteiger partial charge in [0.15, 0.2) is 5.13 Å². The number of carbonyl (C=O) groups is 2. The number of hydrogen-bond acceptors (Lipinski definition) is 5. The van der Waals surface area contributed by atoms with E-state index in [1.54, 1.807) is 17.1 Å². The number of benzene rings is 2. The summed E-state index contributed by atoms with van der Waals surface area (Å²) in [5, 5.41) is 10.5. The summed E-state index contributed by atoms with van der Waals surface area (Å²) in [5.41, 5.74) is 3.13. The lowest BCUT2D eigenvalue weighted by Gasteiger charge is -2.06. The molecule has 0 radical (unpaired) electrons. The molecule has 0 aliphatic heterocycles. The minimum atomic E-state index is -0.371. The van der Waals surface area contributed by atoms with Gasteiger partial charge in [0.2, 0.25) is 5.91 Å². The molecule has 3 aromatic rings. The van der Waals surface area contributed by atoms with Crippen LogP contribution >= 0.6 is 23.1 Å². The molecular weight excluding hydrogens is 392 g/mol. The van der Waals surface area contributed by atoms with Gasteiger partial charge in [-0.3, -0.25) is 10.1 Å². The smallest absolute Gasteiger partial charge is 0.325 e. The minimum absolute atomic E-state index is 0.140. The number of hydrogen-bond donors (Lipinski definition) is 3. The highest BCUT2D eigenvalue weighted by atomic mass is 32.2. The van der Waals surface area contributed by atoms with Crippen LogP contribution in [0.1, 0.15) is 11.3 Å². The van der Waals surface area contributed by atoms with E-state index in [-0.39, 0.29) is 18.4 Å². The fraction of sp³-hybridized carbons (Fsp3) is 0.150. The SMILES string of the molecule is CSc1cccc(NC(=O)Cc2csc(NC(=O)Nc3cccc(C)c3)n2)c1. The van der Waals surface area contributed by atoms with E-state index in [0.29, 0.717) is 16.5 Å². The van der Waals surface area contributed by atoms with Gasteiger partial charge in [0, 0.05) is 21.7 Å². The summed E-state index contributed by atoms with van der Waals surface area (Å²) in [7, 11) is 0. The predicted molar refractivity (Wildman–Crippen MR) is 116 cm³/mol. The lowest BCUT2D eigenvalue weighted by molar-refractivity contribution is -0.115. The molecule has 0 fully saturated rings. The molecule has 0 saturated carbocycles. The molecule has 0 saturated heterocycles. The zero-order valence-electron chi connectivity index (χ0n) is 15.5. The van der Waals surface area contributed by atoms with Crippen LogP contribution in [0.3, 0.4) is 0 Å². The Morgan fingerprint density at radius 1 is 1.04 bits per heavy atom. The van der Waals surface area contributed by atoms with Gasteiger partial charge in [-0.15, -0.1) is 23.1 Å². The molecular formula is C20H20N4O2S2. The van der Waals surface area contributed by atoms with E-state index in [4.69, 9.17) is 0 Å². The average molecular weight is 413 g/mol. The molecule has 6 nitrogen and oxygen atoms in total. The van der Waals surface area contributed by atoms with Crippen molar-refractivity contribution in [2.45, 2.75) is 18.2 Å². The van der Waals surface area contributed by atoms with E-state index in [9.17, 15) is 9.59 Å². The Morgan fingerprint density at radius 3 is 2.54 bits per heavy atom. The third-order valence-electron chi connectivity index (χ3n) is 3.74. The molecule has 0 unspecified atom stereocenters. The molecule has 0 aliphatic carbocycles. The van der Waals surface area contributed by atoms with Gasteiger partial charge in [0.05, 0.1) is 12.1 Å². The molecule has 0 aliphatic rings. The molecule has 0 spiro atoms. The molecule has 28 heavy (non-hydrogen) atoms. The van der Waals surface area contributed by atoms with Crippen LogP contribution < -0.4 is 16.0 Å². The van der Waals surface area contributed by atoms with Crippen molar-refractivity contribution in [3.05, 3.63) is 65.2 Å². The number of rotatable bonds is 6. The maximum absolute atomic E-state index is 12.2. The highest BCUT2D eigenvalue weighted by Gasteiger charge is 2.11. The van der Waals surface area contributed by atoms with E-state index in [1.807, 2.05) is 61.7 Å². The van der Waals surface area contributed by atoms with Crippen molar-refractivity contribution in [3.8, 4) is 0 Å². The van der Waals surface area contributed by atoms with Gasteiger partial charge in [-0.1, -0.05) is 18.2 Å². The van der Waals surface area contributed by atoms with Crippen LogP contribution in [0.5, 0.6) is 0 Å². The quantitative estimate of drug-likeness (QED) is 0.498. The van der Waals surface area contributed by atoms with Crippen LogP contribution in [0.2, 0.25) is 0 Å². The fourth-order valence-corrected chi connectivity index (χ4v) is 3.66. The Balaban J connectivity index is 1.53. The topological polar surface area (TPSA) is 83.1 Å². The van der Waals surface area contributed by atoms with Crippen molar-refractivity contribution in [1.82, 2.24) is 4.98 Å². The van der Waals surface area contributed by atoms with Crippen LogP contribution in [0, 0.1) is 6.92 Å². The zero-order chi connectivity index (χ0) is 19.9. The highest BCUT2D eigenvalue weighted by Crippen LogP contribution is 2.20. The number of urea groups is 1. The first-order valence-corrected chi connectivity index (χ1v) is 10.7. The molecule has 1 aromatic heterocycles. The van der Waals surface area contributed by atoms with Crippen LogP contribution in [-0.4, -0.2) is 23.2 Å². The second-order valence-electron chi connectivity index (χ2n) is 6.05. The number of carbonyl (C=O) groups excluding carboxylic acids is 2. The molecule has 3 N–H and O–H groups in total. The lowest BCUT2D eigenvalue weighted by Crippen LogP contribution is -2.19. The minimum Gasteiger partial charge on any atom is -0.326 e. The first kappa shape index (κ1) is 19.9. The van der Waals surface area contributed by atoms with Gasteiger partial charge < -0.3 is 10.6 Å². The van der Waals surface area contributed by atoms with Gasteiger partial charge in [-0.2, -0.15) is 0 Å². The van der Waals surface area contributed by atoms with Crippen molar-refractivity contribution < 1.29 is 9.59 Å². The van der Waals surface area contributed by atoms with Gasteiger partial charge in [-0.25, -0.2) is 9.78 Å². The summed E-state index contributed by atoms with van der Waals surface area (Å²) in [5.74, 6) is -0.153. The van der Waals surface area contributed by atoms with Crippen molar-refractivity contribution in [2.24, 2.45) is 0 Å². The number of thioether (sulfide) groups is 1. The Hall–Kier alpha value is -2.84. The van der Waals surface area contributed by atoms with Crippen molar-refractivity contribution in [1.29, 1.82) is 0 Å². The van der Waals surface area contributed by atoms with Gasteiger partial charge in [0.25, 0.3) is 0 Å². The molecule has 2 aromatic carbocycles. The summed E-state index contributed by atoms with van der Waals surface area (Å²) in [6, 6.07) is 14.8. The number of amides is 3. The third-order valence-corrected chi connectivity index (χ3v) is 5.28. The number of anilines is 3. The standard InChI is InChI=1S/C20H20N4O2S2/c1-13-5-3-6-14(9-13)22-19(26)24-20-23-16(12-28-20)11-18(25)21-15-7-4-8-17(10-15)27-2/h3-10,12H,11H2,1-2H3,(H,21,25)(H2,22,23,24,26). The van der Waals surface area contributed by atoms with E-state index in [2.05, 4.69) is 20.9 Å². The maximum atomic E-state index is 12.2. The Labute approximate surface area is 171 Å². The summed E-state index contributed by atoms with van der Waals surface area (Å²) < 4.78 is 0. The molecule has 1 heterocycles. The molecule has 3 amide bonds. The normalized spacial score (nSPS) is 10.4. The van der Waals surface area contributed by atoms with E-state index >= 15 is 0 Å². The number of thiazole rings is 1. The summed E-state index contributed by atoms with van der Waals surface area (Å²) in [6.45, 7) is 1.96. The first-order valence-electron chi connectivity index (χ1n) is 8.55. The lowest BCUT2D eigenvalue weighted by atomic mass is 10.2.